The number of hydrogen-bond acceptors (Lipinski definition) is 3. The fourth-order valence-corrected chi connectivity index (χ4v) is 2.74. The van der Waals surface area contributed by atoms with E-state index in [-0.39, 0.29) is 11.9 Å². The topological polar surface area (TPSA) is 50.4 Å². The zero-order valence-corrected chi connectivity index (χ0v) is 12.6. The fourth-order valence-electron chi connectivity index (χ4n) is 2.26. The van der Waals surface area contributed by atoms with Crippen molar-refractivity contribution in [1.82, 2.24) is 5.32 Å². The molecule has 1 fully saturated rings. The minimum atomic E-state index is -0.0804. The van der Waals surface area contributed by atoms with E-state index in [1.807, 2.05) is 18.2 Å². The van der Waals surface area contributed by atoms with Crippen molar-refractivity contribution in [2.45, 2.75) is 31.9 Å². The summed E-state index contributed by atoms with van der Waals surface area (Å²) >= 11 is 3.49. The molecule has 0 bridgehead atoms. The number of nitrogens with one attached hydrogen (secondary N) is 2. The van der Waals surface area contributed by atoms with E-state index in [0.717, 1.165) is 41.5 Å². The van der Waals surface area contributed by atoms with Gasteiger partial charge in [-0.2, -0.15) is 0 Å². The van der Waals surface area contributed by atoms with Crippen molar-refractivity contribution in [2.24, 2.45) is 0 Å². The zero-order valence-electron chi connectivity index (χ0n) is 11.0. The van der Waals surface area contributed by atoms with E-state index in [0.29, 0.717) is 6.61 Å². The van der Waals surface area contributed by atoms with Gasteiger partial charge in [-0.3, -0.25) is 4.79 Å². The van der Waals surface area contributed by atoms with Gasteiger partial charge < -0.3 is 15.4 Å². The molecule has 2 rings (SSSR count). The lowest BCUT2D eigenvalue weighted by Gasteiger charge is -2.23. The highest BCUT2D eigenvalue weighted by atomic mass is 79.9. The van der Waals surface area contributed by atoms with Crippen LogP contribution in [-0.4, -0.2) is 25.6 Å². The Morgan fingerprint density at radius 2 is 2.37 bits per heavy atom. The van der Waals surface area contributed by atoms with Gasteiger partial charge >= 0.3 is 0 Å². The summed E-state index contributed by atoms with van der Waals surface area (Å²) in [6, 6.07) is 5.68. The Kier molecular flexibility index (Phi) is 5.36. The molecule has 1 saturated heterocycles. The Morgan fingerprint density at radius 1 is 1.53 bits per heavy atom. The fraction of sp³-hybridized carbons (Fsp3) is 0.500. The highest BCUT2D eigenvalue weighted by Crippen LogP contribution is 2.26. The van der Waals surface area contributed by atoms with Gasteiger partial charge in [0.05, 0.1) is 12.6 Å². The first-order chi connectivity index (χ1) is 9.22. The van der Waals surface area contributed by atoms with Crippen LogP contribution in [0.5, 0.6) is 0 Å². The smallest absolute Gasteiger partial charge is 0.241 e. The largest absolute Gasteiger partial charge is 0.380 e. The lowest BCUT2D eigenvalue weighted by molar-refractivity contribution is -0.118. The van der Waals surface area contributed by atoms with Crippen molar-refractivity contribution in [2.75, 3.05) is 19.0 Å². The number of ether oxygens (including phenoxy) is 1. The zero-order chi connectivity index (χ0) is 13.7. The van der Waals surface area contributed by atoms with Gasteiger partial charge in [-0.15, -0.1) is 0 Å². The summed E-state index contributed by atoms with van der Waals surface area (Å²) in [4.78, 5) is 12.2. The van der Waals surface area contributed by atoms with E-state index in [2.05, 4.69) is 26.6 Å². The summed E-state index contributed by atoms with van der Waals surface area (Å²) in [6.07, 6.45) is 3.16. The Balaban J connectivity index is 2.09. The van der Waals surface area contributed by atoms with Crippen molar-refractivity contribution in [3.8, 4) is 0 Å². The predicted octanol–water partition coefficient (Wildman–Crippen LogP) is 2.68. The van der Waals surface area contributed by atoms with Crippen molar-refractivity contribution in [3.05, 3.63) is 28.2 Å². The summed E-state index contributed by atoms with van der Waals surface area (Å²) in [6.45, 7) is 1.39. The number of rotatable bonds is 4. The van der Waals surface area contributed by atoms with Crippen LogP contribution in [0.2, 0.25) is 0 Å². The molecule has 1 amide bonds. The molecule has 1 aromatic rings. The van der Waals surface area contributed by atoms with Crippen molar-refractivity contribution >= 4 is 27.5 Å². The van der Waals surface area contributed by atoms with Gasteiger partial charge in [-0.1, -0.05) is 28.4 Å². The van der Waals surface area contributed by atoms with Crippen LogP contribution in [0.25, 0.3) is 0 Å². The number of carbonyl (C=O) groups excluding carboxylic acids is 1. The molecule has 0 saturated carbocycles. The van der Waals surface area contributed by atoms with Gasteiger partial charge in [0, 0.05) is 22.8 Å². The number of amides is 1. The number of piperidine rings is 1. The second-order valence-corrected chi connectivity index (χ2v) is 5.55. The van der Waals surface area contributed by atoms with Crippen LogP contribution < -0.4 is 10.6 Å². The molecule has 5 heteroatoms. The van der Waals surface area contributed by atoms with Crippen LogP contribution in [0.4, 0.5) is 5.69 Å². The minimum absolute atomic E-state index is 0.0372. The molecule has 104 valence electrons. The molecule has 1 aromatic carbocycles. The summed E-state index contributed by atoms with van der Waals surface area (Å²) in [5.41, 5.74) is 1.78. The van der Waals surface area contributed by atoms with Gasteiger partial charge in [-0.05, 0) is 31.5 Å². The number of hydrogen-bond donors (Lipinski definition) is 2. The van der Waals surface area contributed by atoms with E-state index in [4.69, 9.17) is 4.74 Å². The maximum absolute atomic E-state index is 12.2. The SMILES string of the molecule is COCc1c(Br)cccc1NC(=O)[C@@H]1CCCCN1. The standard InChI is InChI=1S/C14H19BrN2O2/c1-19-9-10-11(15)5-4-7-12(10)17-14(18)13-6-2-3-8-16-13/h4-5,7,13,16H,2-3,6,8-9H2,1H3,(H,17,18)/t13-/m0/s1. The summed E-state index contributed by atoms with van der Waals surface area (Å²) in [7, 11) is 1.65. The van der Waals surface area contributed by atoms with Gasteiger partial charge in [-0.25, -0.2) is 0 Å². The molecule has 0 unspecified atom stereocenters. The summed E-state index contributed by atoms with van der Waals surface area (Å²) in [5.74, 6) is 0.0372. The average Bonchev–Trinajstić information content (AvgIpc) is 2.43. The third-order valence-corrected chi connectivity index (χ3v) is 4.04. The highest BCUT2D eigenvalue weighted by molar-refractivity contribution is 9.10. The second kappa shape index (κ2) is 7.03. The Bertz CT molecular complexity index is 445. The quantitative estimate of drug-likeness (QED) is 0.894. The minimum Gasteiger partial charge on any atom is -0.380 e. The maximum atomic E-state index is 12.2. The van der Waals surface area contributed by atoms with Crippen molar-refractivity contribution < 1.29 is 9.53 Å². The number of methoxy groups -OCH3 is 1. The second-order valence-electron chi connectivity index (χ2n) is 4.69. The van der Waals surface area contributed by atoms with Crippen LogP contribution in [-0.2, 0) is 16.1 Å². The van der Waals surface area contributed by atoms with Crippen molar-refractivity contribution in [1.29, 1.82) is 0 Å². The first-order valence-corrected chi connectivity index (χ1v) is 7.32. The molecule has 0 aliphatic carbocycles. The molecule has 1 aliphatic heterocycles. The molecule has 19 heavy (non-hydrogen) atoms. The van der Waals surface area contributed by atoms with Gasteiger partial charge in [0.2, 0.25) is 5.91 Å². The molecular formula is C14H19BrN2O2. The molecule has 0 aromatic heterocycles. The van der Waals surface area contributed by atoms with Gasteiger partial charge in [0.1, 0.15) is 0 Å². The van der Waals surface area contributed by atoms with Crippen molar-refractivity contribution in [3.63, 3.8) is 0 Å². The molecular weight excluding hydrogens is 308 g/mol. The number of benzene rings is 1. The Hall–Kier alpha value is -0.910. The first-order valence-electron chi connectivity index (χ1n) is 6.53. The van der Waals surface area contributed by atoms with Crippen LogP contribution in [0.3, 0.4) is 0 Å². The van der Waals surface area contributed by atoms with E-state index in [1.165, 1.54) is 0 Å². The van der Waals surface area contributed by atoms with Crippen LogP contribution in [0, 0.1) is 0 Å². The van der Waals surface area contributed by atoms with Crippen LogP contribution >= 0.6 is 15.9 Å². The lowest BCUT2D eigenvalue weighted by atomic mass is 10.0. The molecule has 0 radical (unpaired) electrons. The van der Waals surface area contributed by atoms with Crippen LogP contribution in [0.1, 0.15) is 24.8 Å². The number of halogens is 1. The van der Waals surface area contributed by atoms with E-state index in [1.54, 1.807) is 7.11 Å². The molecule has 1 heterocycles. The molecule has 1 aliphatic rings. The third kappa shape index (κ3) is 3.78. The molecule has 2 N–H and O–H groups in total. The van der Waals surface area contributed by atoms with Gasteiger partial charge in [0.25, 0.3) is 0 Å². The van der Waals surface area contributed by atoms with Gasteiger partial charge in [0.15, 0.2) is 0 Å². The van der Waals surface area contributed by atoms with E-state index in [9.17, 15) is 4.79 Å². The molecule has 4 nitrogen and oxygen atoms in total. The molecule has 1 atom stereocenters. The normalized spacial score (nSPS) is 19.2. The van der Waals surface area contributed by atoms with E-state index >= 15 is 0 Å². The number of anilines is 1. The lowest BCUT2D eigenvalue weighted by Crippen LogP contribution is -2.43. The average molecular weight is 327 g/mol. The number of carbonyl (C=O) groups is 1. The van der Waals surface area contributed by atoms with E-state index < -0.39 is 0 Å². The highest BCUT2D eigenvalue weighted by Gasteiger charge is 2.21. The third-order valence-electron chi connectivity index (χ3n) is 3.29. The first kappa shape index (κ1) is 14.5. The summed E-state index contributed by atoms with van der Waals surface area (Å²) < 4.78 is 6.13. The predicted molar refractivity (Wildman–Crippen MR) is 79.1 cm³/mol. The maximum Gasteiger partial charge on any atom is 0.241 e. The summed E-state index contributed by atoms with van der Waals surface area (Å²) in [5, 5.41) is 6.24. The Labute approximate surface area is 122 Å². The molecule has 0 spiro atoms. The van der Waals surface area contributed by atoms with Crippen LogP contribution in [0.15, 0.2) is 22.7 Å². The Morgan fingerprint density at radius 3 is 3.05 bits per heavy atom. The monoisotopic (exact) mass is 326 g/mol.